The van der Waals surface area contributed by atoms with Gasteiger partial charge in [0.05, 0.1) is 16.0 Å². The van der Waals surface area contributed by atoms with Gasteiger partial charge in [0.15, 0.2) is 9.84 Å². The Hall–Kier alpha value is -1.32. The summed E-state index contributed by atoms with van der Waals surface area (Å²) in [6, 6.07) is 16.5. The fourth-order valence-electron chi connectivity index (χ4n) is 1.83. The van der Waals surface area contributed by atoms with E-state index in [4.69, 9.17) is 11.6 Å². The molecule has 0 aromatic heterocycles. The molecule has 0 fully saturated rings. The Labute approximate surface area is 119 Å². The minimum atomic E-state index is -3.15. The van der Waals surface area contributed by atoms with E-state index in [1.165, 1.54) is 0 Å². The zero-order valence-electron chi connectivity index (χ0n) is 10.6. The van der Waals surface area contributed by atoms with Crippen molar-refractivity contribution >= 4 is 21.4 Å². The minimum Gasteiger partial charge on any atom is -0.224 e. The molecule has 0 saturated heterocycles. The highest BCUT2D eigenvalue weighted by molar-refractivity contribution is 7.91. The Balaban J connectivity index is 2.29. The largest absolute Gasteiger partial charge is 0.224 e. The van der Waals surface area contributed by atoms with Crippen molar-refractivity contribution in [3.63, 3.8) is 0 Å². The van der Waals surface area contributed by atoms with Crippen molar-refractivity contribution in [3.05, 3.63) is 65.7 Å². The third kappa shape index (κ3) is 3.17. The van der Waals surface area contributed by atoms with Gasteiger partial charge in [-0.15, -0.1) is 11.6 Å². The van der Waals surface area contributed by atoms with Crippen molar-refractivity contribution in [2.24, 2.45) is 0 Å². The van der Waals surface area contributed by atoms with E-state index in [0.717, 1.165) is 11.1 Å². The van der Waals surface area contributed by atoms with Crippen LogP contribution in [0.5, 0.6) is 0 Å². The van der Waals surface area contributed by atoms with Crippen molar-refractivity contribution in [2.75, 3.05) is 5.75 Å². The lowest BCUT2D eigenvalue weighted by Crippen LogP contribution is -2.03. The molecule has 1 atom stereocenters. The van der Waals surface area contributed by atoms with Crippen LogP contribution in [0.1, 0.15) is 23.4 Å². The van der Waals surface area contributed by atoms with E-state index in [2.05, 4.69) is 0 Å². The smallest absolute Gasteiger partial charge is 0.178 e. The van der Waals surface area contributed by atoms with Gasteiger partial charge < -0.3 is 0 Å². The molecule has 0 N–H and O–H groups in total. The minimum absolute atomic E-state index is 0.106. The molecule has 0 spiro atoms. The van der Waals surface area contributed by atoms with Crippen LogP contribution in [-0.4, -0.2) is 14.2 Å². The van der Waals surface area contributed by atoms with Gasteiger partial charge in [-0.05, 0) is 23.3 Å². The summed E-state index contributed by atoms with van der Waals surface area (Å²) in [4.78, 5) is 0.343. The lowest BCUT2D eigenvalue weighted by Gasteiger charge is -2.11. The SMILES string of the molecule is CCS(=O)(=O)c1ccc([C@@H](Cl)c2ccccc2)cc1. The third-order valence-electron chi connectivity index (χ3n) is 3.00. The summed E-state index contributed by atoms with van der Waals surface area (Å²) in [6.45, 7) is 1.64. The zero-order valence-corrected chi connectivity index (χ0v) is 12.2. The molecule has 0 heterocycles. The van der Waals surface area contributed by atoms with Crippen LogP contribution in [-0.2, 0) is 9.84 Å². The Morgan fingerprint density at radius 2 is 1.47 bits per heavy atom. The summed E-state index contributed by atoms with van der Waals surface area (Å²) in [5.41, 5.74) is 1.89. The number of alkyl halides is 1. The molecule has 2 aromatic rings. The average Bonchev–Trinajstić information content (AvgIpc) is 2.47. The van der Waals surface area contributed by atoms with E-state index >= 15 is 0 Å². The van der Waals surface area contributed by atoms with Crippen LogP contribution < -0.4 is 0 Å². The average molecular weight is 295 g/mol. The molecule has 0 bridgehead atoms. The molecule has 4 heteroatoms. The van der Waals surface area contributed by atoms with Crippen LogP contribution in [0.15, 0.2) is 59.5 Å². The summed E-state index contributed by atoms with van der Waals surface area (Å²) in [6.07, 6.45) is 0. The van der Waals surface area contributed by atoms with Crippen LogP contribution in [0.2, 0.25) is 0 Å². The maximum absolute atomic E-state index is 11.7. The number of benzene rings is 2. The second kappa shape index (κ2) is 5.76. The van der Waals surface area contributed by atoms with E-state index in [1.54, 1.807) is 31.2 Å². The van der Waals surface area contributed by atoms with Crippen molar-refractivity contribution in [2.45, 2.75) is 17.2 Å². The second-order valence-corrected chi connectivity index (χ2v) is 6.96. The molecule has 100 valence electrons. The van der Waals surface area contributed by atoms with Crippen LogP contribution in [0.25, 0.3) is 0 Å². The molecule has 2 rings (SSSR count). The third-order valence-corrected chi connectivity index (χ3v) is 5.26. The van der Waals surface area contributed by atoms with Crippen molar-refractivity contribution < 1.29 is 8.42 Å². The van der Waals surface area contributed by atoms with Crippen LogP contribution in [0.4, 0.5) is 0 Å². The van der Waals surface area contributed by atoms with E-state index in [9.17, 15) is 8.42 Å². The van der Waals surface area contributed by atoms with Crippen LogP contribution in [0.3, 0.4) is 0 Å². The van der Waals surface area contributed by atoms with Gasteiger partial charge in [-0.3, -0.25) is 0 Å². The summed E-state index contributed by atoms with van der Waals surface area (Å²) in [5, 5.41) is -0.264. The molecule has 0 aliphatic carbocycles. The van der Waals surface area contributed by atoms with Gasteiger partial charge in [0.25, 0.3) is 0 Å². The predicted octanol–water partition coefficient (Wildman–Crippen LogP) is 3.81. The molecule has 0 aliphatic rings. The number of hydrogen-bond donors (Lipinski definition) is 0. The molecule has 0 saturated carbocycles. The van der Waals surface area contributed by atoms with Gasteiger partial charge in [0.2, 0.25) is 0 Å². The normalized spacial score (nSPS) is 13.2. The first-order valence-corrected chi connectivity index (χ1v) is 8.15. The van der Waals surface area contributed by atoms with E-state index in [-0.39, 0.29) is 11.1 Å². The van der Waals surface area contributed by atoms with Crippen LogP contribution >= 0.6 is 11.6 Å². The molecule has 0 radical (unpaired) electrons. The summed E-state index contributed by atoms with van der Waals surface area (Å²) < 4.78 is 23.4. The van der Waals surface area contributed by atoms with Gasteiger partial charge in [0, 0.05) is 0 Å². The Kier molecular flexibility index (Phi) is 4.27. The van der Waals surface area contributed by atoms with Gasteiger partial charge in [-0.1, -0.05) is 49.4 Å². The molecular weight excluding hydrogens is 280 g/mol. The monoisotopic (exact) mass is 294 g/mol. The van der Waals surface area contributed by atoms with Crippen molar-refractivity contribution in [3.8, 4) is 0 Å². The Morgan fingerprint density at radius 3 is 2.00 bits per heavy atom. The number of rotatable bonds is 4. The van der Waals surface area contributed by atoms with Crippen molar-refractivity contribution in [1.82, 2.24) is 0 Å². The van der Waals surface area contributed by atoms with E-state index in [0.29, 0.717) is 4.90 Å². The Morgan fingerprint density at radius 1 is 0.947 bits per heavy atom. The maximum atomic E-state index is 11.7. The summed E-state index contributed by atoms with van der Waals surface area (Å²) in [5.74, 6) is 0.106. The first-order chi connectivity index (χ1) is 9.04. The number of hydrogen-bond acceptors (Lipinski definition) is 2. The van der Waals surface area contributed by atoms with Crippen LogP contribution in [0, 0.1) is 0 Å². The summed E-state index contributed by atoms with van der Waals surface area (Å²) >= 11 is 6.38. The van der Waals surface area contributed by atoms with Gasteiger partial charge in [-0.25, -0.2) is 8.42 Å². The molecular formula is C15H15ClO2S. The predicted molar refractivity (Wildman–Crippen MR) is 78.3 cm³/mol. The summed E-state index contributed by atoms with van der Waals surface area (Å²) in [7, 11) is -3.15. The van der Waals surface area contributed by atoms with E-state index < -0.39 is 9.84 Å². The van der Waals surface area contributed by atoms with Crippen molar-refractivity contribution in [1.29, 1.82) is 0 Å². The molecule has 0 aliphatic heterocycles. The highest BCUT2D eigenvalue weighted by atomic mass is 35.5. The zero-order chi connectivity index (χ0) is 13.9. The van der Waals surface area contributed by atoms with Gasteiger partial charge in [-0.2, -0.15) is 0 Å². The van der Waals surface area contributed by atoms with Gasteiger partial charge in [0.1, 0.15) is 0 Å². The lowest BCUT2D eigenvalue weighted by molar-refractivity contribution is 0.597. The van der Waals surface area contributed by atoms with E-state index in [1.807, 2.05) is 30.3 Å². The molecule has 2 aromatic carbocycles. The molecule has 0 unspecified atom stereocenters. The molecule has 2 nitrogen and oxygen atoms in total. The highest BCUT2D eigenvalue weighted by Gasteiger charge is 2.14. The fourth-order valence-corrected chi connectivity index (χ4v) is 3.00. The lowest BCUT2D eigenvalue weighted by atomic mass is 10.0. The second-order valence-electron chi connectivity index (χ2n) is 4.25. The van der Waals surface area contributed by atoms with Gasteiger partial charge >= 0.3 is 0 Å². The fraction of sp³-hybridized carbons (Fsp3) is 0.200. The topological polar surface area (TPSA) is 34.1 Å². The standard InChI is InChI=1S/C15H15ClO2S/c1-2-19(17,18)14-10-8-13(9-11-14)15(16)12-6-4-3-5-7-12/h3-11,15H,2H2,1H3/t15-/m0/s1. The molecule has 19 heavy (non-hydrogen) atoms. The Bertz CT molecular complexity index is 634. The quantitative estimate of drug-likeness (QED) is 0.804. The number of sulfone groups is 1. The maximum Gasteiger partial charge on any atom is 0.178 e. The number of halogens is 1. The highest BCUT2D eigenvalue weighted by Crippen LogP contribution is 2.29. The first-order valence-electron chi connectivity index (χ1n) is 6.06. The molecule has 0 amide bonds. The first kappa shape index (κ1) is 14.1.